The predicted molar refractivity (Wildman–Crippen MR) is 45.9 cm³/mol. The van der Waals surface area contributed by atoms with E-state index in [2.05, 4.69) is 0 Å². The van der Waals surface area contributed by atoms with E-state index in [1.54, 1.807) is 0 Å². The number of rotatable bonds is 0. The van der Waals surface area contributed by atoms with Crippen molar-refractivity contribution in [3.05, 3.63) is 10.0 Å². The van der Waals surface area contributed by atoms with Crippen molar-refractivity contribution in [3.63, 3.8) is 0 Å². The highest BCUT2D eigenvalue weighted by atomic mass is 35.5. The van der Waals surface area contributed by atoms with Gasteiger partial charge in [0.15, 0.2) is 17.2 Å². The van der Waals surface area contributed by atoms with E-state index in [9.17, 15) is 0 Å². The van der Waals surface area contributed by atoms with Crippen molar-refractivity contribution < 1.29 is 15.3 Å². The number of hydrogen-bond donors (Lipinski definition) is 4. The van der Waals surface area contributed by atoms with Gasteiger partial charge in [0.1, 0.15) is 10.0 Å². The number of nitrogen functional groups attached to an aromatic ring is 1. The lowest BCUT2D eigenvalue weighted by molar-refractivity contribution is 0.398. The van der Waals surface area contributed by atoms with Crippen molar-refractivity contribution in [2.45, 2.75) is 0 Å². The van der Waals surface area contributed by atoms with Gasteiger partial charge in [-0.15, -0.1) is 0 Å². The molecule has 1 aromatic carbocycles. The highest BCUT2D eigenvalue weighted by Gasteiger charge is 2.18. The second kappa shape index (κ2) is 2.80. The fraction of sp³-hybridized carbons (Fsp3) is 0. The van der Waals surface area contributed by atoms with Gasteiger partial charge in [0.25, 0.3) is 0 Å². The second-order valence-corrected chi connectivity index (χ2v) is 2.84. The molecular formula is C6H5Cl2NO3. The highest BCUT2D eigenvalue weighted by Crippen LogP contribution is 2.49. The minimum Gasteiger partial charge on any atom is -0.504 e. The summed E-state index contributed by atoms with van der Waals surface area (Å²) >= 11 is 10.8. The fourth-order valence-corrected chi connectivity index (χ4v) is 1.04. The van der Waals surface area contributed by atoms with Gasteiger partial charge < -0.3 is 21.1 Å². The third-order valence-corrected chi connectivity index (χ3v) is 2.08. The number of phenols is 3. The molecule has 0 aliphatic rings. The van der Waals surface area contributed by atoms with Crippen LogP contribution < -0.4 is 5.73 Å². The van der Waals surface area contributed by atoms with Crippen LogP contribution in [0, 0.1) is 0 Å². The number of phenolic OH excluding ortho intramolecular Hbond substituents is 3. The molecule has 12 heavy (non-hydrogen) atoms. The van der Waals surface area contributed by atoms with E-state index in [0.29, 0.717) is 0 Å². The Morgan fingerprint density at radius 1 is 0.833 bits per heavy atom. The van der Waals surface area contributed by atoms with Gasteiger partial charge in [-0.25, -0.2) is 0 Å². The van der Waals surface area contributed by atoms with E-state index in [4.69, 9.17) is 44.3 Å². The first-order valence-corrected chi connectivity index (χ1v) is 3.59. The molecule has 66 valence electrons. The molecule has 1 rings (SSSR count). The maximum Gasteiger partial charge on any atom is 0.182 e. The number of hydrogen-bond acceptors (Lipinski definition) is 4. The summed E-state index contributed by atoms with van der Waals surface area (Å²) in [5.74, 6) is -1.87. The Morgan fingerprint density at radius 3 is 1.75 bits per heavy atom. The van der Waals surface area contributed by atoms with E-state index in [0.717, 1.165) is 0 Å². The smallest absolute Gasteiger partial charge is 0.182 e. The van der Waals surface area contributed by atoms with Gasteiger partial charge in [-0.05, 0) is 0 Å². The first kappa shape index (κ1) is 9.09. The molecule has 0 radical (unpaired) electrons. The zero-order valence-corrected chi connectivity index (χ0v) is 7.19. The normalized spacial score (nSPS) is 10.2. The van der Waals surface area contributed by atoms with Crippen molar-refractivity contribution in [1.29, 1.82) is 0 Å². The molecule has 4 nitrogen and oxygen atoms in total. The van der Waals surface area contributed by atoms with Crippen molar-refractivity contribution >= 4 is 28.9 Å². The Morgan fingerprint density at radius 2 is 1.25 bits per heavy atom. The summed E-state index contributed by atoms with van der Waals surface area (Å²) in [5.41, 5.74) is 4.95. The Labute approximate surface area is 77.8 Å². The number of benzene rings is 1. The van der Waals surface area contributed by atoms with Crippen LogP contribution in [0.25, 0.3) is 0 Å². The molecule has 0 atom stereocenters. The van der Waals surface area contributed by atoms with Gasteiger partial charge in [-0.2, -0.15) is 0 Å². The topological polar surface area (TPSA) is 86.7 Å². The quantitative estimate of drug-likeness (QED) is 0.298. The van der Waals surface area contributed by atoms with Gasteiger partial charge in [0.2, 0.25) is 0 Å². The third kappa shape index (κ3) is 1.09. The molecule has 5 N–H and O–H groups in total. The molecule has 0 saturated heterocycles. The van der Waals surface area contributed by atoms with Crippen molar-refractivity contribution in [2.75, 3.05) is 5.73 Å². The summed E-state index contributed by atoms with van der Waals surface area (Å²) in [6.07, 6.45) is 0. The van der Waals surface area contributed by atoms with Gasteiger partial charge >= 0.3 is 0 Å². The van der Waals surface area contributed by atoms with Crippen molar-refractivity contribution in [1.82, 2.24) is 0 Å². The molecular weight excluding hydrogens is 205 g/mol. The molecule has 0 amide bonds. The summed E-state index contributed by atoms with van der Waals surface area (Å²) < 4.78 is 0. The predicted octanol–water partition coefficient (Wildman–Crippen LogP) is 1.69. The molecule has 0 aromatic heterocycles. The Hall–Kier alpha value is -1.00. The molecule has 1 aromatic rings. The number of halogens is 2. The lowest BCUT2D eigenvalue weighted by Gasteiger charge is -2.07. The van der Waals surface area contributed by atoms with E-state index in [1.165, 1.54) is 0 Å². The van der Waals surface area contributed by atoms with Crippen LogP contribution in [0.15, 0.2) is 0 Å². The Balaban J connectivity index is 3.60. The summed E-state index contributed by atoms with van der Waals surface area (Å²) in [7, 11) is 0. The molecule has 0 aliphatic carbocycles. The van der Waals surface area contributed by atoms with E-state index in [-0.39, 0.29) is 10.7 Å². The van der Waals surface area contributed by atoms with Crippen LogP contribution in [0.2, 0.25) is 10.0 Å². The molecule has 0 heterocycles. The lowest BCUT2D eigenvalue weighted by Crippen LogP contribution is -1.88. The fourth-order valence-electron chi connectivity index (χ4n) is 0.670. The van der Waals surface area contributed by atoms with Crippen LogP contribution in [-0.4, -0.2) is 15.3 Å². The maximum atomic E-state index is 9.08. The van der Waals surface area contributed by atoms with E-state index in [1.807, 2.05) is 0 Å². The minimum atomic E-state index is -0.687. The van der Waals surface area contributed by atoms with Crippen LogP contribution in [0.1, 0.15) is 0 Å². The van der Waals surface area contributed by atoms with Crippen LogP contribution in [0.5, 0.6) is 17.2 Å². The molecule has 0 saturated carbocycles. The highest BCUT2D eigenvalue weighted by molar-refractivity contribution is 6.39. The Kier molecular flexibility index (Phi) is 2.12. The number of aromatic hydroxyl groups is 3. The summed E-state index contributed by atoms with van der Waals surface area (Å²) in [4.78, 5) is 0. The summed E-state index contributed by atoms with van der Waals surface area (Å²) in [6.45, 7) is 0. The zero-order chi connectivity index (χ0) is 9.46. The van der Waals surface area contributed by atoms with Gasteiger partial charge in [-0.1, -0.05) is 23.2 Å². The van der Waals surface area contributed by atoms with Crippen molar-refractivity contribution in [2.24, 2.45) is 0 Å². The molecule has 0 fully saturated rings. The first-order valence-electron chi connectivity index (χ1n) is 2.84. The molecule has 0 spiro atoms. The number of nitrogens with two attached hydrogens (primary N) is 1. The average Bonchev–Trinajstić information content (AvgIpc) is 2.08. The first-order chi connectivity index (χ1) is 5.46. The second-order valence-electron chi connectivity index (χ2n) is 2.09. The SMILES string of the molecule is Nc1c(O)c(Cl)c(O)c(O)c1Cl. The lowest BCUT2D eigenvalue weighted by atomic mass is 10.2. The summed E-state index contributed by atoms with van der Waals surface area (Å²) in [6, 6.07) is 0. The maximum absolute atomic E-state index is 9.08. The van der Waals surface area contributed by atoms with Crippen LogP contribution in [-0.2, 0) is 0 Å². The molecule has 0 unspecified atom stereocenters. The Bertz CT molecular complexity index is 235. The van der Waals surface area contributed by atoms with Gasteiger partial charge in [0.05, 0.1) is 5.69 Å². The average molecular weight is 210 g/mol. The minimum absolute atomic E-state index is 0.267. The number of anilines is 1. The molecule has 6 heteroatoms. The van der Waals surface area contributed by atoms with Gasteiger partial charge in [-0.3, -0.25) is 0 Å². The molecule has 0 bridgehead atoms. The van der Waals surface area contributed by atoms with Crippen LogP contribution in [0.4, 0.5) is 5.69 Å². The summed E-state index contributed by atoms with van der Waals surface area (Å²) in [5, 5.41) is 26.4. The van der Waals surface area contributed by atoms with E-state index < -0.39 is 22.3 Å². The molecule has 0 aliphatic heterocycles. The van der Waals surface area contributed by atoms with Gasteiger partial charge in [0, 0.05) is 0 Å². The zero-order valence-electron chi connectivity index (χ0n) is 5.67. The largest absolute Gasteiger partial charge is 0.504 e. The van der Waals surface area contributed by atoms with E-state index >= 15 is 0 Å². The van der Waals surface area contributed by atoms with Crippen molar-refractivity contribution in [3.8, 4) is 17.2 Å². The standard InChI is InChI=1S/C6H5Cl2NO3/c7-1-3(9)4(10)2(8)6(12)5(1)11/h10-12H,9H2. The van der Waals surface area contributed by atoms with Crippen LogP contribution >= 0.6 is 23.2 Å². The van der Waals surface area contributed by atoms with Crippen LogP contribution in [0.3, 0.4) is 0 Å². The third-order valence-electron chi connectivity index (χ3n) is 1.34. The monoisotopic (exact) mass is 209 g/mol.